The number of rotatable bonds is 7. The van der Waals surface area contributed by atoms with Gasteiger partial charge < -0.3 is 4.74 Å². The zero-order chi connectivity index (χ0) is 24.9. The topological polar surface area (TPSA) is 50.7 Å². The molecule has 0 bridgehead atoms. The summed E-state index contributed by atoms with van der Waals surface area (Å²) in [4.78, 5) is 3.83. The molecule has 0 aliphatic carbocycles. The molecule has 1 atom stereocenters. The molecule has 0 N–H and O–H groups in total. The molecule has 4 aromatic rings. The Kier molecular flexibility index (Phi) is 6.89. The monoisotopic (exact) mass is 488 g/mol. The van der Waals surface area contributed by atoms with Crippen molar-refractivity contribution in [1.82, 2.24) is 0 Å². The summed E-state index contributed by atoms with van der Waals surface area (Å²) in [5, 5.41) is 13.6. The van der Waals surface area contributed by atoms with E-state index in [1.165, 1.54) is 5.56 Å². The number of hydrogen-bond acceptors (Lipinski definition) is 5. The number of nitrogens with zero attached hydrogens (tertiary/aromatic N) is 4. The summed E-state index contributed by atoms with van der Waals surface area (Å²) in [5.41, 5.74) is 6.44. The van der Waals surface area contributed by atoms with Gasteiger partial charge in [0.1, 0.15) is 18.9 Å². The molecule has 0 radical (unpaired) electrons. The fourth-order valence-electron chi connectivity index (χ4n) is 4.38. The molecule has 0 unspecified atom stereocenters. The largest absolute Gasteiger partial charge is 0.489 e. The molecular weight excluding hydrogens is 464 g/mol. The highest BCUT2D eigenvalue weighted by molar-refractivity contribution is 7.23. The van der Waals surface area contributed by atoms with Crippen molar-refractivity contribution in [3.05, 3.63) is 94.8 Å². The maximum atomic E-state index is 7.71. The smallest absolute Gasteiger partial charge is 0.250 e. The Morgan fingerprint density at radius 3 is 2.67 bits per heavy atom. The first-order chi connectivity index (χ1) is 17.7. The second kappa shape index (κ2) is 10.6. The Bertz CT molecular complexity index is 1580. The third-order valence-electron chi connectivity index (χ3n) is 6.20. The van der Waals surface area contributed by atoms with Crippen molar-refractivity contribution >= 4 is 32.1 Å². The van der Waals surface area contributed by atoms with Crippen LogP contribution < -0.4 is 4.74 Å². The molecule has 0 fully saturated rings. The van der Waals surface area contributed by atoms with E-state index < -0.39 is 0 Å². The van der Waals surface area contributed by atoms with Crippen LogP contribution in [0, 0.1) is 25.3 Å². The predicted molar refractivity (Wildman–Crippen MR) is 147 cm³/mol. The second-order valence-corrected chi connectivity index (χ2v) is 9.63. The van der Waals surface area contributed by atoms with Crippen LogP contribution in [0.5, 0.6) is 5.75 Å². The van der Waals surface area contributed by atoms with Crippen molar-refractivity contribution in [2.75, 3.05) is 6.54 Å². The average Bonchev–Trinajstić information content (AvgIpc) is 3.55. The van der Waals surface area contributed by atoms with E-state index in [-0.39, 0.29) is 5.92 Å². The van der Waals surface area contributed by atoms with Crippen molar-refractivity contribution in [3.8, 4) is 28.7 Å². The number of benzene rings is 3. The van der Waals surface area contributed by atoms with E-state index in [9.17, 15) is 0 Å². The van der Waals surface area contributed by atoms with Gasteiger partial charge in [-0.1, -0.05) is 48.4 Å². The quantitative estimate of drug-likeness (QED) is 0.191. The van der Waals surface area contributed by atoms with E-state index in [4.69, 9.17) is 11.3 Å². The first-order valence-corrected chi connectivity index (χ1v) is 12.5. The van der Waals surface area contributed by atoms with Gasteiger partial charge in [-0.05, 0) is 71.0 Å². The van der Waals surface area contributed by atoms with E-state index in [1.54, 1.807) is 11.3 Å². The van der Waals surface area contributed by atoms with Crippen molar-refractivity contribution < 1.29 is 4.74 Å². The number of ether oxygens (including phenoxy) is 1. The molecule has 0 spiro atoms. The molecule has 0 amide bonds. The fourth-order valence-corrected chi connectivity index (χ4v) is 5.37. The highest BCUT2D eigenvalue weighted by atomic mass is 32.1. The van der Waals surface area contributed by atoms with E-state index in [2.05, 4.69) is 81.5 Å². The van der Waals surface area contributed by atoms with Crippen LogP contribution in [-0.4, -0.2) is 12.3 Å². The zero-order valence-electron chi connectivity index (χ0n) is 20.2. The summed E-state index contributed by atoms with van der Waals surface area (Å²) in [6, 6.07) is 22.7. The van der Waals surface area contributed by atoms with Crippen molar-refractivity contribution in [2.24, 2.45) is 15.4 Å². The van der Waals surface area contributed by atoms with Crippen LogP contribution in [0.15, 0.2) is 82.2 Å². The molecule has 5 rings (SSSR count). The average molecular weight is 489 g/mol. The normalized spacial score (nSPS) is 13.1. The lowest BCUT2D eigenvalue weighted by Crippen LogP contribution is -2.07. The maximum Gasteiger partial charge on any atom is 0.250 e. The van der Waals surface area contributed by atoms with Crippen LogP contribution in [0.1, 0.15) is 36.0 Å². The first kappa shape index (κ1) is 23.5. The molecule has 3 aromatic carbocycles. The van der Waals surface area contributed by atoms with Gasteiger partial charge in [0.15, 0.2) is 0 Å². The lowest BCUT2D eigenvalue weighted by Gasteiger charge is -2.12. The Hall–Kier alpha value is -4.26. The minimum Gasteiger partial charge on any atom is -0.489 e. The van der Waals surface area contributed by atoms with Crippen LogP contribution >= 0.6 is 11.3 Å². The molecular formula is C30H24N4OS. The van der Waals surface area contributed by atoms with E-state index in [0.717, 1.165) is 55.2 Å². The molecule has 36 heavy (non-hydrogen) atoms. The van der Waals surface area contributed by atoms with Crippen molar-refractivity contribution in [2.45, 2.75) is 32.8 Å². The number of hydrogen-bond donors (Lipinski definition) is 0. The molecule has 1 aromatic heterocycles. The zero-order valence-corrected chi connectivity index (χ0v) is 21.0. The van der Waals surface area contributed by atoms with Crippen LogP contribution in [0.4, 0.5) is 5.00 Å². The lowest BCUT2D eigenvalue weighted by atomic mass is 9.94. The van der Waals surface area contributed by atoms with Gasteiger partial charge in [0.25, 0.3) is 0 Å². The predicted octanol–water partition coefficient (Wildman–Crippen LogP) is 8.33. The van der Waals surface area contributed by atoms with Gasteiger partial charge in [0.2, 0.25) is 5.00 Å². The Morgan fingerprint density at radius 2 is 1.94 bits per heavy atom. The van der Waals surface area contributed by atoms with Gasteiger partial charge in [0.05, 0.1) is 18.2 Å². The summed E-state index contributed by atoms with van der Waals surface area (Å²) in [6.45, 7) is 12.7. The maximum absolute atomic E-state index is 7.71. The first-order valence-electron chi connectivity index (χ1n) is 11.7. The van der Waals surface area contributed by atoms with Gasteiger partial charge in [0, 0.05) is 16.7 Å². The van der Waals surface area contributed by atoms with Crippen molar-refractivity contribution in [3.63, 3.8) is 0 Å². The minimum absolute atomic E-state index is 0.0591. The number of fused-ring (bicyclic) bond motifs is 1. The standard InChI is InChI=1S/C30H24N4OS/c1-4-7-23(17-24-18-32-34-33-24)22-11-13-25(14-12-22)35-19-21-10-15-28-27(16-21)29(30(31-3)36-28)26-9-6-5-8-20(26)2/h5-6,8-16,23H,17-19H2,1-2H3/t23-/m0/s1. The van der Waals surface area contributed by atoms with Crippen LogP contribution in [0.25, 0.3) is 26.1 Å². The minimum atomic E-state index is 0.0591. The van der Waals surface area contributed by atoms with Crippen molar-refractivity contribution in [1.29, 1.82) is 0 Å². The third kappa shape index (κ3) is 4.91. The van der Waals surface area contributed by atoms with Crippen LogP contribution in [-0.2, 0) is 6.61 Å². The molecule has 1 aliphatic heterocycles. The van der Waals surface area contributed by atoms with Gasteiger partial charge in [-0.15, -0.1) is 11.0 Å². The molecule has 0 saturated carbocycles. The van der Waals surface area contributed by atoms with E-state index >= 15 is 0 Å². The summed E-state index contributed by atoms with van der Waals surface area (Å²) >= 11 is 1.54. The molecule has 0 saturated heterocycles. The number of aryl methyl sites for hydroxylation is 1. The summed E-state index contributed by atoms with van der Waals surface area (Å²) in [7, 11) is 0. The van der Waals surface area contributed by atoms with Gasteiger partial charge >= 0.3 is 0 Å². The summed E-state index contributed by atoms with van der Waals surface area (Å²) in [5.74, 6) is 7.16. The highest BCUT2D eigenvalue weighted by Gasteiger charge is 2.17. The SMILES string of the molecule is [C-]#[N+]c1sc2ccc(COc3ccc([C@@H](C#CC)CC4=NN=NC4)cc3)cc2c1-c1ccccc1C. The third-order valence-corrected chi connectivity index (χ3v) is 7.26. The highest BCUT2D eigenvalue weighted by Crippen LogP contribution is 2.45. The van der Waals surface area contributed by atoms with Gasteiger partial charge in [-0.3, -0.25) is 0 Å². The molecule has 5 nitrogen and oxygen atoms in total. The molecule has 2 heterocycles. The summed E-state index contributed by atoms with van der Waals surface area (Å²) < 4.78 is 7.24. The van der Waals surface area contributed by atoms with E-state index in [1.807, 2.05) is 31.2 Å². The van der Waals surface area contributed by atoms with Crippen LogP contribution in [0.2, 0.25) is 0 Å². The second-order valence-electron chi connectivity index (χ2n) is 8.60. The molecule has 176 valence electrons. The summed E-state index contributed by atoms with van der Waals surface area (Å²) in [6.07, 6.45) is 0.727. The Morgan fingerprint density at radius 1 is 1.11 bits per heavy atom. The molecule has 6 heteroatoms. The molecule has 1 aliphatic rings. The van der Waals surface area contributed by atoms with Gasteiger partial charge in [-0.2, -0.15) is 16.5 Å². The number of thiophene rings is 1. The fraction of sp³-hybridized carbons (Fsp3) is 0.200. The lowest BCUT2D eigenvalue weighted by molar-refractivity contribution is 0.306. The Labute approximate surface area is 215 Å². The van der Waals surface area contributed by atoms with Gasteiger partial charge in [-0.25, -0.2) is 4.85 Å². The Balaban J connectivity index is 1.34. The van der Waals surface area contributed by atoms with E-state index in [0.29, 0.717) is 13.2 Å². The van der Waals surface area contributed by atoms with Crippen LogP contribution in [0.3, 0.4) is 0 Å².